The van der Waals surface area contributed by atoms with E-state index in [0.29, 0.717) is 22.2 Å². The molecule has 0 unspecified atom stereocenters. The number of nitrogens with one attached hydrogen (secondary N) is 2. The number of anilines is 1. The molecule has 0 saturated heterocycles. The fraction of sp³-hybridized carbons (Fsp3) is 0.294. The second kappa shape index (κ2) is 7.52. The Morgan fingerprint density at radius 2 is 2.20 bits per heavy atom. The fourth-order valence-electron chi connectivity index (χ4n) is 2.46. The number of amides is 1. The number of rotatable bonds is 6. The number of carbonyl (C=O) groups excluding carboxylic acids is 1. The van der Waals surface area contributed by atoms with E-state index in [4.69, 9.17) is 4.42 Å². The molecule has 7 nitrogen and oxygen atoms in total. The van der Waals surface area contributed by atoms with Gasteiger partial charge in [0.1, 0.15) is 11.4 Å². The molecule has 0 aliphatic heterocycles. The molecule has 0 spiro atoms. The number of thioether (sulfide) groups is 1. The van der Waals surface area contributed by atoms with Gasteiger partial charge in [0.2, 0.25) is 11.1 Å². The van der Waals surface area contributed by atoms with Gasteiger partial charge in [0.25, 0.3) is 0 Å². The van der Waals surface area contributed by atoms with Gasteiger partial charge in [-0.3, -0.25) is 9.89 Å². The van der Waals surface area contributed by atoms with E-state index in [1.165, 1.54) is 24.8 Å². The van der Waals surface area contributed by atoms with Crippen LogP contribution in [0.2, 0.25) is 0 Å². The number of aromatic nitrogens is 3. The van der Waals surface area contributed by atoms with Crippen molar-refractivity contribution in [3.63, 3.8) is 0 Å². The first-order chi connectivity index (χ1) is 12.0. The lowest BCUT2D eigenvalue weighted by atomic mass is 10.1. The highest BCUT2D eigenvalue weighted by Gasteiger charge is 2.10. The van der Waals surface area contributed by atoms with Gasteiger partial charge in [0.15, 0.2) is 0 Å². The van der Waals surface area contributed by atoms with Crippen molar-refractivity contribution in [2.24, 2.45) is 0 Å². The minimum atomic E-state index is -0.426. The number of benzene rings is 1. The highest BCUT2D eigenvalue weighted by atomic mass is 32.2. The standard InChI is InChI=1S/C17H18N4O3S/c1-3-4-15-19-17(21-20-15)25-9-11-7-16(23)24-14-8-12(18-10(2)22)5-6-13(11)14/h5-8H,3-4,9H2,1-2H3,(H,18,22)(H,19,20,21). The summed E-state index contributed by atoms with van der Waals surface area (Å²) in [6, 6.07) is 6.75. The molecule has 0 radical (unpaired) electrons. The van der Waals surface area contributed by atoms with Crippen molar-refractivity contribution >= 4 is 34.3 Å². The number of aromatic amines is 1. The molecule has 8 heteroatoms. The van der Waals surface area contributed by atoms with Crippen molar-refractivity contribution in [1.82, 2.24) is 15.2 Å². The number of H-pyrrole nitrogens is 1. The Hall–Kier alpha value is -2.61. The number of fused-ring (bicyclic) bond motifs is 1. The van der Waals surface area contributed by atoms with E-state index < -0.39 is 5.63 Å². The van der Waals surface area contributed by atoms with E-state index in [0.717, 1.165) is 29.6 Å². The van der Waals surface area contributed by atoms with Gasteiger partial charge in [-0.2, -0.15) is 0 Å². The maximum atomic E-state index is 11.8. The summed E-state index contributed by atoms with van der Waals surface area (Å²) < 4.78 is 5.26. The Kier molecular flexibility index (Phi) is 5.18. The highest BCUT2D eigenvalue weighted by Crippen LogP contribution is 2.26. The Morgan fingerprint density at radius 3 is 2.96 bits per heavy atom. The van der Waals surface area contributed by atoms with Crippen LogP contribution in [0, 0.1) is 0 Å². The lowest BCUT2D eigenvalue weighted by Crippen LogP contribution is -2.06. The van der Waals surface area contributed by atoms with Gasteiger partial charge in [-0.15, -0.1) is 5.10 Å². The molecule has 0 fully saturated rings. The van der Waals surface area contributed by atoms with Crippen LogP contribution in [0.1, 0.15) is 31.7 Å². The summed E-state index contributed by atoms with van der Waals surface area (Å²) in [6.07, 6.45) is 1.86. The fourth-order valence-corrected chi connectivity index (χ4v) is 3.27. The molecular formula is C17H18N4O3S. The van der Waals surface area contributed by atoms with Crippen LogP contribution in [0.15, 0.2) is 38.6 Å². The zero-order valence-electron chi connectivity index (χ0n) is 14.0. The summed E-state index contributed by atoms with van der Waals surface area (Å²) >= 11 is 1.45. The third-order valence-electron chi connectivity index (χ3n) is 3.51. The van der Waals surface area contributed by atoms with Gasteiger partial charge in [0, 0.05) is 42.3 Å². The number of carbonyl (C=O) groups is 1. The summed E-state index contributed by atoms with van der Waals surface area (Å²) in [7, 11) is 0. The van der Waals surface area contributed by atoms with Crippen LogP contribution < -0.4 is 10.9 Å². The molecular weight excluding hydrogens is 340 g/mol. The Bertz CT molecular complexity index is 964. The smallest absolute Gasteiger partial charge is 0.336 e. The monoisotopic (exact) mass is 358 g/mol. The molecule has 130 valence electrons. The molecule has 1 aromatic carbocycles. The number of aryl methyl sites for hydroxylation is 1. The minimum Gasteiger partial charge on any atom is -0.423 e. The highest BCUT2D eigenvalue weighted by molar-refractivity contribution is 7.98. The van der Waals surface area contributed by atoms with Crippen molar-refractivity contribution in [3.8, 4) is 0 Å². The van der Waals surface area contributed by atoms with Crippen LogP contribution in [0.4, 0.5) is 5.69 Å². The van der Waals surface area contributed by atoms with Gasteiger partial charge in [-0.05, 0) is 24.1 Å². The predicted molar refractivity (Wildman–Crippen MR) is 96.7 cm³/mol. The molecule has 0 atom stereocenters. The Morgan fingerprint density at radius 1 is 1.36 bits per heavy atom. The van der Waals surface area contributed by atoms with Crippen LogP contribution >= 0.6 is 11.8 Å². The van der Waals surface area contributed by atoms with Crippen LogP contribution in [-0.4, -0.2) is 21.1 Å². The minimum absolute atomic E-state index is 0.180. The average molecular weight is 358 g/mol. The first kappa shape index (κ1) is 17.2. The second-order valence-corrected chi connectivity index (χ2v) is 6.53. The molecule has 0 aliphatic carbocycles. The third-order valence-corrected chi connectivity index (χ3v) is 4.40. The van der Waals surface area contributed by atoms with E-state index in [9.17, 15) is 9.59 Å². The summed E-state index contributed by atoms with van der Waals surface area (Å²) in [5, 5.41) is 11.2. The number of hydrogen-bond acceptors (Lipinski definition) is 6. The maximum absolute atomic E-state index is 11.8. The average Bonchev–Trinajstić information content (AvgIpc) is 2.99. The van der Waals surface area contributed by atoms with E-state index in [-0.39, 0.29) is 5.91 Å². The van der Waals surface area contributed by atoms with Gasteiger partial charge < -0.3 is 9.73 Å². The first-order valence-electron chi connectivity index (χ1n) is 7.93. The first-order valence-corrected chi connectivity index (χ1v) is 8.92. The third kappa shape index (κ3) is 4.27. The maximum Gasteiger partial charge on any atom is 0.336 e. The second-order valence-electron chi connectivity index (χ2n) is 5.59. The van der Waals surface area contributed by atoms with Crippen LogP contribution in [0.25, 0.3) is 11.0 Å². The van der Waals surface area contributed by atoms with Gasteiger partial charge in [-0.25, -0.2) is 9.78 Å². The molecule has 3 aromatic rings. The topological polar surface area (TPSA) is 101 Å². The normalized spacial score (nSPS) is 11.0. The molecule has 1 amide bonds. The van der Waals surface area contributed by atoms with Crippen LogP contribution in [-0.2, 0) is 17.0 Å². The Labute approximate surface area is 148 Å². The lowest BCUT2D eigenvalue weighted by Gasteiger charge is -2.06. The van der Waals surface area contributed by atoms with Crippen molar-refractivity contribution in [1.29, 1.82) is 0 Å². The van der Waals surface area contributed by atoms with Gasteiger partial charge >= 0.3 is 5.63 Å². The SMILES string of the molecule is CCCc1nc(SCc2cc(=O)oc3cc(NC(C)=O)ccc23)n[nH]1. The van der Waals surface area contributed by atoms with Crippen molar-refractivity contribution in [2.75, 3.05) is 5.32 Å². The van der Waals surface area contributed by atoms with E-state index in [2.05, 4.69) is 27.4 Å². The molecule has 25 heavy (non-hydrogen) atoms. The van der Waals surface area contributed by atoms with E-state index >= 15 is 0 Å². The summed E-state index contributed by atoms with van der Waals surface area (Å²) in [4.78, 5) is 27.4. The quantitative estimate of drug-likeness (QED) is 0.519. The van der Waals surface area contributed by atoms with Gasteiger partial charge in [0.05, 0.1) is 0 Å². The predicted octanol–water partition coefficient (Wildman–Crippen LogP) is 3.11. The zero-order valence-corrected chi connectivity index (χ0v) is 14.8. The van der Waals surface area contributed by atoms with Crippen molar-refractivity contribution in [2.45, 2.75) is 37.6 Å². The van der Waals surface area contributed by atoms with E-state index in [1.807, 2.05) is 6.07 Å². The molecule has 2 aromatic heterocycles. The zero-order chi connectivity index (χ0) is 17.8. The molecule has 2 N–H and O–H groups in total. The summed E-state index contributed by atoms with van der Waals surface area (Å²) in [5.41, 5.74) is 1.44. The molecule has 3 rings (SSSR count). The number of nitrogens with zero attached hydrogens (tertiary/aromatic N) is 2. The number of hydrogen-bond donors (Lipinski definition) is 2. The molecule has 0 bridgehead atoms. The lowest BCUT2D eigenvalue weighted by molar-refractivity contribution is -0.114. The van der Waals surface area contributed by atoms with Crippen molar-refractivity contribution < 1.29 is 9.21 Å². The summed E-state index contributed by atoms with van der Waals surface area (Å²) in [6.45, 7) is 3.51. The Balaban J connectivity index is 1.84. The molecule has 0 aliphatic rings. The van der Waals surface area contributed by atoms with Gasteiger partial charge in [-0.1, -0.05) is 18.7 Å². The molecule has 2 heterocycles. The van der Waals surface area contributed by atoms with Crippen molar-refractivity contribution in [3.05, 3.63) is 46.1 Å². The largest absolute Gasteiger partial charge is 0.423 e. The van der Waals surface area contributed by atoms with Crippen LogP contribution in [0.5, 0.6) is 0 Å². The van der Waals surface area contributed by atoms with Crippen LogP contribution in [0.3, 0.4) is 0 Å². The molecule has 0 saturated carbocycles. The van der Waals surface area contributed by atoms with E-state index in [1.54, 1.807) is 12.1 Å². The summed E-state index contributed by atoms with van der Waals surface area (Å²) in [5.74, 6) is 1.23.